The second kappa shape index (κ2) is 11.4. The Morgan fingerprint density at radius 2 is 1.77 bits per heavy atom. The van der Waals surface area contributed by atoms with E-state index < -0.39 is 0 Å². The van der Waals surface area contributed by atoms with Crippen LogP contribution in [0.25, 0.3) is 0 Å². The van der Waals surface area contributed by atoms with E-state index in [2.05, 4.69) is 0 Å². The van der Waals surface area contributed by atoms with Gasteiger partial charge in [-0.3, -0.25) is 14.4 Å². The molecule has 8 heteroatoms. The maximum absolute atomic E-state index is 12.5. The number of aryl methyl sites for hydroxylation is 1. The highest BCUT2D eigenvalue weighted by atomic mass is 16.5. The number of likely N-dealkylation sites (tertiary alicyclic amines) is 1. The minimum absolute atomic E-state index is 0.0365. The third-order valence-corrected chi connectivity index (χ3v) is 5.34. The van der Waals surface area contributed by atoms with Crippen molar-refractivity contribution in [2.45, 2.75) is 32.6 Å². The van der Waals surface area contributed by atoms with Crippen molar-refractivity contribution in [3.63, 3.8) is 0 Å². The van der Waals surface area contributed by atoms with Gasteiger partial charge < -0.3 is 24.0 Å². The summed E-state index contributed by atoms with van der Waals surface area (Å²) >= 11 is 0. The molecular weight excluding hydrogens is 388 g/mol. The molecule has 0 N–H and O–H groups in total. The number of ether oxygens (including phenoxy) is 3. The molecule has 0 radical (unpaired) electrons. The monoisotopic (exact) mass is 420 g/mol. The van der Waals surface area contributed by atoms with Crippen molar-refractivity contribution in [3.8, 4) is 11.5 Å². The highest BCUT2D eigenvalue weighted by molar-refractivity contribution is 5.85. The number of likely N-dealkylation sites (N-methyl/N-ethyl adjacent to an activating group) is 1. The Bertz CT molecular complexity index is 743. The first-order valence-electron chi connectivity index (χ1n) is 10.3. The van der Waals surface area contributed by atoms with Crippen LogP contribution in [0.2, 0.25) is 0 Å². The normalized spacial score (nSPS) is 14.2. The fourth-order valence-electron chi connectivity index (χ4n) is 3.49. The molecule has 0 saturated carbocycles. The fourth-order valence-corrected chi connectivity index (χ4v) is 3.49. The van der Waals surface area contributed by atoms with Crippen LogP contribution in [-0.4, -0.2) is 75.1 Å². The summed E-state index contributed by atoms with van der Waals surface area (Å²) in [6.07, 6.45) is 2.04. The lowest BCUT2D eigenvalue weighted by Gasteiger charge is -2.32. The van der Waals surface area contributed by atoms with Crippen LogP contribution in [0.1, 0.15) is 31.7 Å². The molecule has 1 aromatic carbocycles. The molecule has 0 aliphatic carbocycles. The molecule has 1 aliphatic heterocycles. The van der Waals surface area contributed by atoms with Crippen LogP contribution >= 0.6 is 0 Å². The Morgan fingerprint density at radius 3 is 2.37 bits per heavy atom. The zero-order chi connectivity index (χ0) is 22.1. The summed E-state index contributed by atoms with van der Waals surface area (Å²) < 4.78 is 15.6. The molecule has 1 fully saturated rings. The fraction of sp³-hybridized carbons (Fsp3) is 0.591. The van der Waals surface area contributed by atoms with E-state index in [1.807, 2.05) is 18.2 Å². The Morgan fingerprint density at radius 1 is 1.10 bits per heavy atom. The predicted octanol–water partition coefficient (Wildman–Crippen LogP) is 1.90. The summed E-state index contributed by atoms with van der Waals surface area (Å²) in [5, 5.41) is 0. The molecular formula is C22H32N2O6. The highest BCUT2D eigenvalue weighted by Gasteiger charge is 2.28. The summed E-state index contributed by atoms with van der Waals surface area (Å²) in [4.78, 5) is 40.0. The van der Waals surface area contributed by atoms with E-state index in [4.69, 9.17) is 14.2 Å². The number of benzene rings is 1. The number of piperidine rings is 1. The summed E-state index contributed by atoms with van der Waals surface area (Å²) in [6, 6.07) is 5.56. The summed E-state index contributed by atoms with van der Waals surface area (Å²) in [6.45, 7) is 3.21. The van der Waals surface area contributed by atoms with Crippen LogP contribution < -0.4 is 9.47 Å². The number of esters is 1. The lowest BCUT2D eigenvalue weighted by atomic mass is 9.97. The van der Waals surface area contributed by atoms with Gasteiger partial charge in [0.1, 0.15) is 0 Å². The number of hydrogen-bond acceptors (Lipinski definition) is 6. The van der Waals surface area contributed by atoms with E-state index in [0.717, 1.165) is 5.56 Å². The van der Waals surface area contributed by atoms with E-state index in [1.165, 1.54) is 4.90 Å². The van der Waals surface area contributed by atoms with Crippen LogP contribution in [0.3, 0.4) is 0 Å². The van der Waals surface area contributed by atoms with Gasteiger partial charge in [-0.05, 0) is 43.9 Å². The van der Waals surface area contributed by atoms with E-state index in [-0.39, 0.29) is 30.2 Å². The average Bonchev–Trinajstić information content (AvgIpc) is 2.77. The molecule has 2 amide bonds. The molecule has 0 unspecified atom stereocenters. The zero-order valence-corrected chi connectivity index (χ0v) is 18.3. The number of nitrogens with zero attached hydrogens (tertiary/aromatic N) is 2. The van der Waals surface area contributed by atoms with Crippen molar-refractivity contribution in [1.29, 1.82) is 0 Å². The lowest BCUT2D eigenvalue weighted by molar-refractivity contribution is -0.151. The predicted molar refractivity (Wildman–Crippen MR) is 111 cm³/mol. The number of rotatable bonds is 9. The summed E-state index contributed by atoms with van der Waals surface area (Å²) in [7, 11) is 4.79. The Kier molecular flexibility index (Phi) is 8.95. The first-order valence-corrected chi connectivity index (χ1v) is 10.3. The average molecular weight is 421 g/mol. The first-order chi connectivity index (χ1) is 14.4. The van der Waals surface area contributed by atoms with E-state index in [0.29, 0.717) is 56.9 Å². The molecule has 1 aromatic rings. The zero-order valence-electron chi connectivity index (χ0n) is 18.3. The molecule has 2 rings (SSSR count). The third-order valence-electron chi connectivity index (χ3n) is 5.34. The maximum atomic E-state index is 12.5. The first kappa shape index (κ1) is 23.5. The van der Waals surface area contributed by atoms with Gasteiger partial charge in [0, 0.05) is 26.6 Å². The number of carbonyl (C=O) groups is 3. The van der Waals surface area contributed by atoms with Gasteiger partial charge >= 0.3 is 5.97 Å². The van der Waals surface area contributed by atoms with Crippen LogP contribution in [0.4, 0.5) is 0 Å². The Labute approximate surface area is 178 Å². The molecule has 0 bridgehead atoms. The molecule has 0 spiro atoms. The highest BCUT2D eigenvalue weighted by Crippen LogP contribution is 2.28. The van der Waals surface area contributed by atoms with Gasteiger partial charge in [-0.1, -0.05) is 6.07 Å². The van der Waals surface area contributed by atoms with Crippen molar-refractivity contribution >= 4 is 17.8 Å². The largest absolute Gasteiger partial charge is 0.493 e. The molecule has 0 aromatic heterocycles. The molecule has 1 heterocycles. The number of carbonyl (C=O) groups excluding carboxylic acids is 3. The maximum Gasteiger partial charge on any atom is 0.309 e. The smallest absolute Gasteiger partial charge is 0.309 e. The molecule has 30 heavy (non-hydrogen) atoms. The molecule has 166 valence electrons. The van der Waals surface area contributed by atoms with Gasteiger partial charge in [-0.25, -0.2) is 0 Å². The van der Waals surface area contributed by atoms with Gasteiger partial charge in [0.05, 0.1) is 33.3 Å². The number of amides is 2. The third kappa shape index (κ3) is 6.37. The van der Waals surface area contributed by atoms with E-state index in [9.17, 15) is 14.4 Å². The van der Waals surface area contributed by atoms with Crippen molar-refractivity contribution in [2.75, 3.05) is 47.5 Å². The minimum Gasteiger partial charge on any atom is -0.493 e. The van der Waals surface area contributed by atoms with Gasteiger partial charge in [0.15, 0.2) is 11.5 Å². The van der Waals surface area contributed by atoms with Crippen LogP contribution in [0, 0.1) is 5.92 Å². The molecule has 8 nitrogen and oxygen atoms in total. The van der Waals surface area contributed by atoms with Crippen molar-refractivity contribution in [2.24, 2.45) is 5.92 Å². The van der Waals surface area contributed by atoms with Crippen LogP contribution in [0.15, 0.2) is 18.2 Å². The van der Waals surface area contributed by atoms with E-state index >= 15 is 0 Å². The molecule has 0 atom stereocenters. The second-order valence-electron chi connectivity index (χ2n) is 7.35. The van der Waals surface area contributed by atoms with Gasteiger partial charge in [-0.2, -0.15) is 0 Å². The number of methoxy groups -OCH3 is 2. The molecule has 1 aliphatic rings. The topological polar surface area (TPSA) is 85.4 Å². The van der Waals surface area contributed by atoms with Gasteiger partial charge in [-0.15, -0.1) is 0 Å². The minimum atomic E-state index is -0.188. The van der Waals surface area contributed by atoms with E-state index in [1.54, 1.807) is 33.1 Å². The van der Waals surface area contributed by atoms with Gasteiger partial charge in [0.25, 0.3) is 0 Å². The standard InChI is InChI=1S/C22H32N2O6/c1-5-30-22(27)17-10-12-24(13-11-17)21(26)15-23(2)20(25)9-7-16-6-8-18(28-3)19(14-16)29-4/h6,8,14,17H,5,7,9-13,15H2,1-4H3. The summed E-state index contributed by atoms with van der Waals surface area (Å²) in [5.41, 5.74) is 0.960. The molecule has 1 saturated heterocycles. The van der Waals surface area contributed by atoms with Gasteiger partial charge in [0.2, 0.25) is 11.8 Å². The summed E-state index contributed by atoms with van der Waals surface area (Å²) in [5.74, 6) is 0.736. The number of hydrogen-bond donors (Lipinski definition) is 0. The van der Waals surface area contributed by atoms with Crippen molar-refractivity contribution in [1.82, 2.24) is 9.80 Å². The van der Waals surface area contributed by atoms with Crippen LogP contribution in [-0.2, 0) is 25.5 Å². The Balaban J connectivity index is 1.79. The quantitative estimate of drug-likeness (QED) is 0.567. The van der Waals surface area contributed by atoms with Crippen molar-refractivity contribution in [3.05, 3.63) is 23.8 Å². The lowest BCUT2D eigenvalue weighted by Crippen LogP contribution is -2.45. The second-order valence-corrected chi connectivity index (χ2v) is 7.35. The van der Waals surface area contributed by atoms with Crippen molar-refractivity contribution < 1.29 is 28.6 Å². The van der Waals surface area contributed by atoms with Crippen LogP contribution in [0.5, 0.6) is 11.5 Å². The Hall–Kier alpha value is -2.77. The SMILES string of the molecule is CCOC(=O)C1CCN(C(=O)CN(C)C(=O)CCc2ccc(OC)c(OC)c2)CC1.